The molecule has 1 amide bonds. The van der Waals surface area contributed by atoms with Crippen LogP contribution in [0, 0.1) is 6.92 Å². The molecule has 0 spiro atoms. The first-order valence-electron chi connectivity index (χ1n) is 6.06. The molecule has 0 saturated heterocycles. The Morgan fingerprint density at radius 3 is 2.65 bits per heavy atom. The van der Waals surface area contributed by atoms with Crippen LogP contribution in [0.5, 0.6) is 5.75 Å². The van der Waals surface area contributed by atoms with E-state index in [4.69, 9.17) is 10.5 Å². The van der Waals surface area contributed by atoms with Gasteiger partial charge in [0.2, 0.25) is 5.91 Å². The second kappa shape index (κ2) is 5.56. The average Bonchev–Trinajstić information content (AvgIpc) is 2.36. The molecule has 1 aromatic carbocycles. The van der Waals surface area contributed by atoms with E-state index in [1.165, 1.54) is 6.92 Å². The number of amides is 1. The molecule has 3 N–H and O–H groups in total. The van der Waals surface area contributed by atoms with E-state index in [9.17, 15) is 4.79 Å². The second-order valence-electron chi connectivity index (χ2n) is 4.32. The molecule has 104 valence electrons. The monoisotopic (exact) mass is 272 g/mol. The molecule has 0 aliphatic rings. The number of anilines is 2. The Hall–Kier alpha value is -2.63. The topological polar surface area (TPSA) is 90.1 Å². The predicted octanol–water partition coefficient (Wildman–Crippen LogP) is 2.00. The number of nitrogens with two attached hydrogens (primary N) is 1. The molecule has 0 radical (unpaired) electrons. The Kier molecular flexibility index (Phi) is 3.84. The van der Waals surface area contributed by atoms with Crippen LogP contribution >= 0.6 is 0 Å². The number of nitrogen functional groups attached to an aromatic ring is 1. The van der Waals surface area contributed by atoms with Crippen LogP contribution in [-0.2, 0) is 4.79 Å². The van der Waals surface area contributed by atoms with E-state index < -0.39 is 0 Å². The lowest BCUT2D eigenvalue weighted by molar-refractivity contribution is -0.114. The van der Waals surface area contributed by atoms with E-state index in [0.717, 1.165) is 5.56 Å². The van der Waals surface area contributed by atoms with Gasteiger partial charge < -0.3 is 15.8 Å². The number of aromatic nitrogens is 2. The van der Waals surface area contributed by atoms with Crippen molar-refractivity contribution >= 4 is 17.4 Å². The van der Waals surface area contributed by atoms with Crippen molar-refractivity contribution in [2.45, 2.75) is 13.8 Å². The lowest BCUT2D eigenvalue weighted by Crippen LogP contribution is -2.06. The molecule has 0 bridgehead atoms. The summed E-state index contributed by atoms with van der Waals surface area (Å²) in [6.07, 6.45) is 0. The zero-order valence-electron chi connectivity index (χ0n) is 11.6. The molecule has 0 atom stereocenters. The molecule has 2 rings (SSSR count). The summed E-state index contributed by atoms with van der Waals surface area (Å²) in [5.74, 6) is 1.47. The highest BCUT2D eigenvalue weighted by atomic mass is 16.5. The number of rotatable bonds is 3. The van der Waals surface area contributed by atoms with E-state index >= 15 is 0 Å². The minimum absolute atomic E-state index is 0.139. The number of hydrogen-bond donors (Lipinski definition) is 2. The summed E-state index contributed by atoms with van der Waals surface area (Å²) in [5, 5.41) is 2.73. The maximum absolute atomic E-state index is 11.1. The zero-order valence-corrected chi connectivity index (χ0v) is 11.6. The van der Waals surface area contributed by atoms with Gasteiger partial charge in [-0.2, -0.15) is 0 Å². The molecule has 0 aliphatic carbocycles. The predicted molar refractivity (Wildman–Crippen MR) is 77.5 cm³/mol. The fourth-order valence-corrected chi connectivity index (χ4v) is 1.92. The van der Waals surface area contributed by atoms with Crippen molar-refractivity contribution in [2.75, 3.05) is 18.2 Å². The van der Waals surface area contributed by atoms with Crippen molar-refractivity contribution in [3.63, 3.8) is 0 Å². The summed E-state index contributed by atoms with van der Waals surface area (Å²) in [7, 11) is 1.58. The minimum atomic E-state index is -0.139. The molecule has 1 heterocycles. The standard InChI is InChI=1S/C14H16N4O2/c1-8-16-12(7-14(15)17-8)11-6-10(18-9(2)19)4-5-13(11)20-3/h4-7H,1-3H3,(H,18,19)(H2,15,16,17). The molecule has 20 heavy (non-hydrogen) atoms. The number of carbonyl (C=O) groups is 1. The average molecular weight is 272 g/mol. The van der Waals surface area contributed by atoms with Gasteiger partial charge >= 0.3 is 0 Å². The Bertz CT molecular complexity index is 635. The number of hydrogen-bond acceptors (Lipinski definition) is 5. The summed E-state index contributed by atoms with van der Waals surface area (Å²) in [4.78, 5) is 19.5. The Labute approximate surface area is 117 Å². The van der Waals surface area contributed by atoms with Crippen molar-refractivity contribution in [1.82, 2.24) is 9.97 Å². The molecule has 1 aromatic heterocycles. The third-order valence-corrected chi connectivity index (χ3v) is 2.65. The summed E-state index contributed by atoms with van der Waals surface area (Å²) < 4.78 is 5.33. The smallest absolute Gasteiger partial charge is 0.221 e. The van der Waals surface area contributed by atoms with Crippen molar-refractivity contribution in [3.05, 3.63) is 30.1 Å². The van der Waals surface area contributed by atoms with E-state index in [1.807, 2.05) is 0 Å². The highest BCUT2D eigenvalue weighted by Crippen LogP contribution is 2.32. The molecular formula is C14H16N4O2. The van der Waals surface area contributed by atoms with Crippen LogP contribution in [0.3, 0.4) is 0 Å². The molecule has 6 nitrogen and oxygen atoms in total. The van der Waals surface area contributed by atoms with E-state index in [-0.39, 0.29) is 5.91 Å². The highest BCUT2D eigenvalue weighted by molar-refractivity contribution is 5.90. The van der Waals surface area contributed by atoms with Crippen LogP contribution < -0.4 is 15.8 Å². The van der Waals surface area contributed by atoms with Gasteiger partial charge in [-0.05, 0) is 25.1 Å². The van der Waals surface area contributed by atoms with Crippen LogP contribution in [0.25, 0.3) is 11.3 Å². The zero-order chi connectivity index (χ0) is 14.7. The lowest BCUT2D eigenvalue weighted by atomic mass is 10.1. The van der Waals surface area contributed by atoms with Crippen LogP contribution in [0.2, 0.25) is 0 Å². The van der Waals surface area contributed by atoms with Crippen LogP contribution in [0.4, 0.5) is 11.5 Å². The van der Waals surface area contributed by atoms with Crippen LogP contribution in [0.15, 0.2) is 24.3 Å². The van der Waals surface area contributed by atoms with E-state index in [2.05, 4.69) is 15.3 Å². The van der Waals surface area contributed by atoms with Gasteiger partial charge in [-0.25, -0.2) is 9.97 Å². The van der Waals surface area contributed by atoms with Gasteiger partial charge in [0.25, 0.3) is 0 Å². The normalized spacial score (nSPS) is 10.2. The first-order chi connectivity index (χ1) is 9.49. The van der Waals surface area contributed by atoms with Gasteiger partial charge in [0.05, 0.1) is 12.8 Å². The molecule has 0 fully saturated rings. The van der Waals surface area contributed by atoms with Crippen molar-refractivity contribution in [1.29, 1.82) is 0 Å². The fraction of sp³-hybridized carbons (Fsp3) is 0.214. The van der Waals surface area contributed by atoms with Gasteiger partial charge in [0.1, 0.15) is 17.4 Å². The summed E-state index contributed by atoms with van der Waals surface area (Å²) in [5.41, 5.74) is 7.81. The number of nitrogens with zero attached hydrogens (tertiary/aromatic N) is 2. The Balaban J connectivity index is 2.54. The Morgan fingerprint density at radius 1 is 1.30 bits per heavy atom. The fourth-order valence-electron chi connectivity index (χ4n) is 1.92. The molecule has 0 unspecified atom stereocenters. The summed E-state index contributed by atoms with van der Waals surface area (Å²) >= 11 is 0. The number of aryl methyl sites for hydroxylation is 1. The number of carbonyl (C=O) groups excluding carboxylic acids is 1. The van der Waals surface area contributed by atoms with E-state index in [1.54, 1.807) is 38.3 Å². The third-order valence-electron chi connectivity index (χ3n) is 2.65. The number of nitrogens with one attached hydrogen (secondary N) is 1. The maximum Gasteiger partial charge on any atom is 0.221 e. The van der Waals surface area contributed by atoms with Crippen molar-refractivity contribution in [3.8, 4) is 17.0 Å². The van der Waals surface area contributed by atoms with E-state index in [0.29, 0.717) is 28.8 Å². The largest absolute Gasteiger partial charge is 0.496 e. The minimum Gasteiger partial charge on any atom is -0.496 e. The molecular weight excluding hydrogens is 256 g/mol. The van der Waals surface area contributed by atoms with Crippen LogP contribution in [0.1, 0.15) is 12.7 Å². The first-order valence-corrected chi connectivity index (χ1v) is 6.06. The van der Waals surface area contributed by atoms with Crippen molar-refractivity contribution in [2.24, 2.45) is 0 Å². The van der Waals surface area contributed by atoms with Gasteiger partial charge in [-0.3, -0.25) is 4.79 Å². The third kappa shape index (κ3) is 3.03. The van der Waals surface area contributed by atoms with Gasteiger partial charge in [-0.15, -0.1) is 0 Å². The maximum atomic E-state index is 11.1. The van der Waals surface area contributed by atoms with Crippen LogP contribution in [-0.4, -0.2) is 23.0 Å². The second-order valence-corrected chi connectivity index (χ2v) is 4.32. The first kappa shape index (κ1) is 13.8. The molecule has 0 saturated carbocycles. The quantitative estimate of drug-likeness (QED) is 0.891. The number of ether oxygens (including phenoxy) is 1. The van der Waals surface area contributed by atoms with Gasteiger partial charge in [0.15, 0.2) is 0 Å². The molecule has 6 heteroatoms. The van der Waals surface area contributed by atoms with Crippen molar-refractivity contribution < 1.29 is 9.53 Å². The summed E-state index contributed by atoms with van der Waals surface area (Å²) in [6, 6.07) is 7.00. The lowest BCUT2D eigenvalue weighted by Gasteiger charge is -2.11. The number of benzene rings is 1. The highest BCUT2D eigenvalue weighted by Gasteiger charge is 2.11. The number of methoxy groups -OCH3 is 1. The molecule has 0 aliphatic heterocycles. The van der Waals surface area contributed by atoms with Gasteiger partial charge in [-0.1, -0.05) is 0 Å². The summed E-state index contributed by atoms with van der Waals surface area (Å²) in [6.45, 7) is 3.22. The Morgan fingerprint density at radius 2 is 2.05 bits per heavy atom. The SMILES string of the molecule is COc1ccc(NC(C)=O)cc1-c1cc(N)nc(C)n1. The van der Waals surface area contributed by atoms with Gasteiger partial charge in [0, 0.05) is 24.2 Å². The molecule has 2 aromatic rings.